The molecule has 0 aromatic heterocycles. The number of likely N-dealkylation sites (tertiary alicyclic amines) is 2. The smallest absolute Gasteiger partial charge is 0.193 e. The van der Waals surface area contributed by atoms with E-state index < -0.39 is 0 Å². The SMILES string of the molecule is CCOCCNC(=NC)N1CCC2C(CCCN2Cc2ccccc2)C1.I. The normalized spacial score (nSPS) is 23.5. The van der Waals surface area contributed by atoms with Gasteiger partial charge in [-0.25, -0.2) is 0 Å². The highest BCUT2D eigenvalue weighted by molar-refractivity contribution is 14.0. The maximum absolute atomic E-state index is 5.43. The first-order chi connectivity index (χ1) is 12.8. The second-order valence-corrected chi connectivity index (χ2v) is 7.33. The maximum atomic E-state index is 5.43. The summed E-state index contributed by atoms with van der Waals surface area (Å²) in [6, 6.07) is 11.6. The highest BCUT2D eigenvalue weighted by Crippen LogP contribution is 2.31. The summed E-state index contributed by atoms with van der Waals surface area (Å²) in [5.41, 5.74) is 1.43. The third-order valence-electron chi connectivity index (χ3n) is 5.66. The minimum atomic E-state index is 0. The molecule has 0 bridgehead atoms. The summed E-state index contributed by atoms with van der Waals surface area (Å²) in [6.07, 6.45) is 3.87. The Labute approximate surface area is 181 Å². The number of nitrogens with zero attached hydrogens (tertiary/aromatic N) is 3. The highest BCUT2D eigenvalue weighted by Gasteiger charge is 2.36. The number of guanidine groups is 1. The predicted molar refractivity (Wildman–Crippen MR) is 123 cm³/mol. The van der Waals surface area contributed by atoms with Crippen LogP contribution >= 0.6 is 24.0 Å². The van der Waals surface area contributed by atoms with Crippen molar-refractivity contribution in [3.05, 3.63) is 35.9 Å². The third-order valence-corrected chi connectivity index (χ3v) is 5.66. The van der Waals surface area contributed by atoms with E-state index in [1.54, 1.807) is 0 Å². The topological polar surface area (TPSA) is 40.1 Å². The number of hydrogen-bond donors (Lipinski definition) is 1. The summed E-state index contributed by atoms with van der Waals surface area (Å²) < 4.78 is 5.43. The minimum Gasteiger partial charge on any atom is -0.380 e. The van der Waals surface area contributed by atoms with Crippen molar-refractivity contribution in [3.63, 3.8) is 0 Å². The molecular formula is C21H35IN4O. The molecule has 3 rings (SSSR count). The summed E-state index contributed by atoms with van der Waals surface area (Å²) in [6.45, 7) is 8.88. The number of benzene rings is 1. The van der Waals surface area contributed by atoms with Crippen LogP contribution in [0.3, 0.4) is 0 Å². The van der Waals surface area contributed by atoms with Gasteiger partial charge in [0.25, 0.3) is 0 Å². The van der Waals surface area contributed by atoms with Crippen molar-refractivity contribution >= 4 is 29.9 Å². The van der Waals surface area contributed by atoms with Gasteiger partial charge in [-0.1, -0.05) is 30.3 Å². The van der Waals surface area contributed by atoms with Crippen LogP contribution in [0.1, 0.15) is 31.7 Å². The number of ether oxygens (including phenoxy) is 1. The number of fused-ring (bicyclic) bond motifs is 1. The van der Waals surface area contributed by atoms with E-state index in [2.05, 4.69) is 50.4 Å². The molecule has 2 saturated heterocycles. The molecule has 0 aliphatic carbocycles. The highest BCUT2D eigenvalue weighted by atomic mass is 127. The van der Waals surface area contributed by atoms with Crippen molar-refractivity contribution in [3.8, 4) is 0 Å². The number of halogens is 1. The molecule has 2 aliphatic rings. The van der Waals surface area contributed by atoms with Crippen LogP contribution in [0.2, 0.25) is 0 Å². The molecule has 0 spiro atoms. The van der Waals surface area contributed by atoms with Crippen LogP contribution in [0.25, 0.3) is 0 Å². The molecule has 2 heterocycles. The maximum Gasteiger partial charge on any atom is 0.193 e. The molecule has 0 radical (unpaired) electrons. The number of piperidine rings is 2. The fourth-order valence-corrected chi connectivity index (χ4v) is 4.42. The molecule has 1 aromatic carbocycles. The van der Waals surface area contributed by atoms with Crippen LogP contribution in [0.4, 0.5) is 0 Å². The zero-order valence-corrected chi connectivity index (χ0v) is 19.1. The number of nitrogens with one attached hydrogen (secondary N) is 1. The second-order valence-electron chi connectivity index (χ2n) is 7.33. The van der Waals surface area contributed by atoms with Gasteiger partial charge in [0.1, 0.15) is 0 Å². The van der Waals surface area contributed by atoms with Crippen molar-refractivity contribution < 1.29 is 4.74 Å². The first-order valence-corrected chi connectivity index (χ1v) is 10.1. The Hall–Kier alpha value is -0.860. The van der Waals surface area contributed by atoms with Gasteiger partial charge in [0.15, 0.2) is 5.96 Å². The first kappa shape index (κ1) is 22.4. The van der Waals surface area contributed by atoms with E-state index >= 15 is 0 Å². The molecule has 0 saturated carbocycles. The largest absolute Gasteiger partial charge is 0.380 e. The molecule has 2 atom stereocenters. The van der Waals surface area contributed by atoms with Gasteiger partial charge in [-0.05, 0) is 44.2 Å². The lowest BCUT2D eigenvalue weighted by atomic mass is 9.83. The lowest BCUT2D eigenvalue weighted by Crippen LogP contribution is -2.56. The Morgan fingerprint density at radius 2 is 2.04 bits per heavy atom. The summed E-state index contributed by atoms with van der Waals surface area (Å²) in [4.78, 5) is 9.65. The van der Waals surface area contributed by atoms with E-state index in [0.29, 0.717) is 6.04 Å². The molecule has 2 aliphatic heterocycles. The van der Waals surface area contributed by atoms with Gasteiger partial charge in [-0.3, -0.25) is 9.89 Å². The van der Waals surface area contributed by atoms with E-state index in [-0.39, 0.29) is 24.0 Å². The van der Waals surface area contributed by atoms with Crippen LogP contribution in [-0.2, 0) is 11.3 Å². The van der Waals surface area contributed by atoms with Gasteiger partial charge in [0, 0.05) is 45.9 Å². The van der Waals surface area contributed by atoms with Crippen LogP contribution in [0, 0.1) is 5.92 Å². The average Bonchev–Trinajstić information content (AvgIpc) is 2.69. The average molecular weight is 486 g/mol. The molecule has 152 valence electrons. The van der Waals surface area contributed by atoms with Gasteiger partial charge in [0.2, 0.25) is 0 Å². The number of aliphatic imine (C=N–C) groups is 1. The molecule has 27 heavy (non-hydrogen) atoms. The van der Waals surface area contributed by atoms with Crippen LogP contribution < -0.4 is 5.32 Å². The standard InChI is InChI=1S/C21H34N4O.HI/c1-3-26-15-12-23-21(22-2)25-14-11-20-19(17-25)10-7-13-24(20)16-18-8-5-4-6-9-18;/h4-6,8-9,19-20H,3,7,10-17H2,1-2H3,(H,22,23);1H. The Balaban J connectivity index is 0.00000261. The lowest BCUT2D eigenvalue weighted by Gasteiger charge is -2.48. The quantitative estimate of drug-likeness (QED) is 0.290. The predicted octanol–water partition coefficient (Wildman–Crippen LogP) is 3.20. The summed E-state index contributed by atoms with van der Waals surface area (Å²) in [5.74, 6) is 1.77. The summed E-state index contributed by atoms with van der Waals surface area (Å²) >= 11 is 0. The van der Waals surface area contributed by atoms with Crippen molar-refractivity contribution in [1.29, 1.82) is 0 Å². The van der Waals surface area contributed by atoms with Crippen molar-refractivity contribution in [2.24, 2.45) is 10.9 Å². The van der Waals surface area contributed by atoms with Crippen LogP contribution in [0.15, 0.2) is 35.3 Å². The van der Waals surface area contributed by atoms with Gasteiger partial charge in [0.05, 0.1) is 6.61 Å². The van der Waals surface area contributed by atoms with Crippen molar-refractivity contribution in [2.75, 3.05) is 46.4 Å². The fraction of sp³-hybridized carbons (Fsp3) is 0.667. The number of hydrogen-bond acceptors (Lipinski definition) is 3. The van der Waals surface area contributed by atoms with Crippen molar-refractivity contribution in [1.82, 2.24) is 15.1 Å². The third kappa shape index (κ3) is 6.32. The first-order valence-electron chi connectivity index (χ1n) is 10.1. The fourth-order valence-electron chi connectivity index (χ4n) is 4.42. The molecule has 1 aromatic rings. The Bertz CT molecular complexity index is 569. The van der Waals surface area contributed by atoms with Gasteiger partial charge in [-0.15, -0.1) is 24.0 Å². The van der Waals surface area contributed by atoms with Crippen molar-refractivity contribution in [2.45, 2.75) is 38.8 Å². The minimum absolute atomic E-state index is 0. The molecule has 1 N–H and O–H groups in total. The van der Waals surface area contributed by atoms with Crippen LogP contribution in [-0.4, -0.2) is 68.2 Å². The second kappa shape index (κ2) is 11.9. The van der Waals surface area contributed by atoms with Gasteiger partial charge < -0.3 is 15.0 Å². The Morgan fingerprint density at radius 1 is 1.22 bits per heavy atom. The van der Waals surface area contributed by atoms with Gasteiger partial charge in [-0.2, -0.15) is 0 Å². The molecule has 2 fully saturated rings. The zero-order valence-electron chi connectivity index (χ0n) is 16.8. The Morgan fingerprint density at radius 3 is 2.78 bits per heavy atom. The monoisotopic (exact) mass is 486 g/mol. The summed E-state index contributed by atoms with van der Waals surface area (Å²) in [5, 5.41) is 3.46. The molecule has 2 unspecified atom stereocenters. The molecular weight excluding hydrogens is 451 g/mol. The lowest BCUT2D eigenvalue weighted by molar-refractivity contribution is 0.0371. The van der Waals surface area contributed by atoms with E-state index in [4.69, 9.17) is 4.74 Å². The van der Waals surface area contributed by atoms with Crippen LogP contribution in [0.5, 0.6) is 0 Å². The van der Waals surface area contributed by atoms with Gasteiger partial charge >= 0.3 is 0 Å². The number of rotatable bonds is 6. The zero-order chi connectivity index (χ0) is 18.2. The van der Waals surface area contributed by atoms with E-state index in [9.17, 15) is 0 Å². The summed E-state index contributed by atoms with van der Waals surface area (Å²) in [7, 11) is 1.89. The molecule has 0 amide bonds. The molecule has 6 heteroatoms. The van der Waals surface area contributed by atoms with E-state index in [1.807, 2.05) is 14.0 Å². The van der Waals surface area contributed by atoms with E-state index in [1.165, 1.54) is 31.4 Å². The Kier molecular flexibility index (Phi) is 9.86. The van der Waals surface area contributed by atoms with E-state index in [0.717, 1.165) is 51.3 Å². The molecule has 5 nitrogen and oxygen atoms in total.